The lowest BCUT2D eigenvalue weighted by Crippen LogP contribution is -2.42. The number of primary amides is 2. The maximum Gasteiger partial charge on any atom is 0.325 e. The number of aryl methyl sites for hydroxylation is 4. The van der Waals surface area contributed by atoms with Crippen molar-refractivity contribution in [3.05, 3.63) is 82.5 Å². The van der Waals surface area contributed by atoms with Crippen molar-refractivity contribution in [3.8, 4) is 11.5 Å². The third-order valence-corrected chi connectivity index (χ3v) is 10.3. The van der Waals surface area contributed by atoms with Gasteiger partial charge in [0.15, 0.2) is 6.54 Å². The van der Waals surface area contributed by atoms with Gasteiger partial charge in [-0.1, -0.05) is 12.2 Å². The van der Waals surface area contributed by atoms with Gasteiger partial charge in [-0.05, 0) is 77.3 Å². The highest BCUT2D eigenvalue weighted by atomic mass is 16.5. The number of nitrogens with one attached hydrogen (secondary N) is 3. The summed E-state index contributed by atoms with van der Waals surface area (Å²) in [6.45, 7) is 9.20. The average Bonchev–Trinajstić information content (AvgIpc) is 3.96. The van der Waals surface area contributed by atoms with Crippen LogP contribution in [-0.2, 0) is 13.1 Å². The van der Waals surface area contributed by atoms with Crippen LogP contribution in [0.5, 0.6) is 11.5 Å². The van der Waals surface area contributed by atoms with E-state index in [0.29, 0.717) is 89.2 Å². The van der Waals surface area contributed by atoms with Gasteiger partial charge in [-0.3, -0.25) is 39.1 Å². The lowest BCUT2D eigenvalue weighted by Gasteiger charge is -2.27. The largest absolute Gasteiger partial charge is 0.489 e. The van der Waals surface area contributed by atoms with E-state index in [-0.39, 0.29) is 48.2 Å². The summed E-state index contributed by atoms with van der Waals surface area (Å²) in [6, 6.07) is 9.46. The molecule has 2 atom stereocenters. The number of nitrogens with two attached hydrogens (primary N) is 2. The molecule has 7 N–H and O–H groups in total. The van der Waals surface area contributed by atoms with E-state index >= 15 is 0 Å². The number of anilines is 2. The second-order valence-electron chi connectivity index (χ2n) is 14.2. The number of carbonyl (C=O) groups is 4. The van der Waals surface area contributed by atoms with Crippen LogP contribution in [0.15, 0.2) is 48.6 Å². The van der Waals surface area contributed by atoms with Crippen LogP contribution in [0.2, 0.25) is 0 Å². The Labute approximate surface area is 325 Å². The molecule has 2 unspecified atom stereocenters. The van der Waals surface area contributed by atoms with E-state index in [1.807, 2.05) is 36.8 Å². The van der Waals surface area contributed by atoms with Gasteiger partial charge in [-0.2, -0.15) is 10.2 Å². The fourth-order valence-corrected chi connectivity index (χ4v) is 7.67. The van der Waals surface area contributed by atoms with Gasteiger partial charge in [-0.25, -0.2) is 9.97 Å². The Bertz CT molecular complexity index is 2650. The van der Waals surface area contributed by atoms with Gasteiger partial charge in [0, 0.05) is 23.7 Å². The van der Waals surface area contributed by atoms with Gasteiger partial charge in [-0.15, -0.1) is 4.68 Å². The van der Waals surface area contributed by atoms with Crippen molar-refractivity contribution in [2.75, 3.05) is 23.8 Å². The third-order valence-electron chi connectivity index (χ3n) is 10.3. The molecule has 0 saturated carbocycles. The molecule has 6 aromatic rings. The number of rotatable bonds is 13. The van der Waals surface area contributed by atoms with Crippen molar-refractivity contribution in [3.63, 3.8) is 0 Å². The molecular weight excluding hydrogens is 733 g/mol. The topological polar surface area (TPSA) is 236 Å². The van der Waals surface area contributed by atoms with E-state index in [0.717, 1.165) is 11.4 Å². The summed E-state index contributed by atoms with van der Waals surface area (Å²) >= 11 is 0. The number of benzene rings is 2. The maximum atomic E-state index is 13.6. The van der Waals surface area contributed by atoms with Crippen LogP contribution in [0, 0.1) is 13.8 Å². The normalized spacial score (nSPS) is 15.9. The van der Waals surface area contributed by atoms with Crippen LogP contribution in [-0.4, -0.2) is 70.8 Å². The first-order valence-corrected chi connectivity index (χ1v) is 18.8. The maximum absolute atomic E-state index is 13.6. The minimum absolute atomic E-state index is 0.201. The van der Waals surface area contributed by atoms with Gasteiger partial charge < -0.3 is 25.5 Å². The fourth-order valence-electron chi connectivity index (χ4n) is 7.67. The molecule has 8 rings (SSSR count). The molecule has 294 valence electrons. The molecule has 4 amide bonds. The molecule has 6 heterocycles. The number of aromatic nitrogens is 8. The molecule has 0 spiro atoms. The number of H-pyrrole nitrogens is 1. The first-order chi connectivity index (χ1) is 27.4. The van der Waals surface area contributed by atoms with Crippen LogP contribution in [0.4, 0.5) is 11.9 Å². The zero-order chi connectivity index (χ0) is 40.1. The predicted octanol–water partition coefficient (Wildman–Crippen LogP) is 3.85. The minimum Gasteiger partial charge on any atom is -0.489 e. The fraction of sp³-hybridized carbons (Fsp3) is 0.333. The summed E-state index contributed by atoms with van der Waals surface area (Å²) in [5.74, 6) is -0.336. The van der Waals surface area contributed by atoms with Crippen molar-refractivity contribution in [2.24, 2.45) is 11.5 Å². The molecule has 0 aliphatic carbocycles. The molecule has 18 heteroatoms. The summed E-state index contributed by atoms with van der Waals surface area (Å²) < 4.78 is 19.6. The Morgan fingerprint density at radius 1 is 0.842 bits per heavy atom. The second kappa shape index (κ2) is 14.6. The van der Waals surface area contributed by atoms with Gasteiger partial charge in [0.1, 0.15) is 41.4 Å². The highest BCUT2D eigenvalue weighted by Gasteiger charge is 2.32. The zero-order valence-electron chi connectivity index (χ0n) is 32.0. The van der Waals surface area contributed by atoms with E-state index in [1.165, 1.54) is 0 Å². The number of hydrogen-bond acceptors (Lipinski definition) is 9. The summed E-state index contributed by atoms with van der Waals surface area (Å²) in [6.07, 6.45) is 5.97. The number of allylic oxidation sites excluding steroid dienone is 2. The SMILES string of the molecule is CCn1nc(C)cc1C(=O)Nc1nc2cc(C(N)=O)cc3c2n1C(CC=CCCC1COc2cc(C(N)=O)cc4nc(NC(=O)c5cc(C)[nH][n+]5CC)n1c24)CO3. The van der Waals surface area contributed by atoms with Gasteiger partial charge >= 0.3 is 5.91 Å². The standard InChI is InChI=1S/C39H42N12O6/c1-5-48-28(12-20(3)46-48)36(54)44-38-42-26-14-22(34(40)52)16-30-32(26)50(38)24(18-56-30)10-8-7-9-11-25-19-57-31-17-23(35(41)53)15-27-33(31)51(25)39(43-27)45-37(55)29-13-21(4)47-49(29)6-2/h7-8,12-17,24-25H,5-6,9-11,18-19H2,1-4H3,(H6,40,41,42,43,44,45,52,53,54,55)/p+1. The monoisotopic (exact) mass is 775 g/mol. The van der Waals surface area contributed by atoms with Crippen molar-refractivity contribution in [1.82, 2.24) is 34.0 Å². The number of carbonyl (C=O) groups excluding carboxylic acids is 4. The quantitative estimate of drug-likeness (QED) is 0.0845. The van der Waals surface area contributed by atoms with Crippen molar-refractivity contribution in [1.29, 1.82) is 0 Å². The third kappa shape index (κ3) is 6.72. The molecule has 2 aliphatic heterocycles. The molecule has 0 bridgehead atoms. The van der Waals surface area contributed by atoms with E-state index < -0.39 is 11.8 Å². The van der Waals surface area contributed by atoms with Crippen LogP contribution in [0.3, 0.4) is 0 Å². The highest BCUT2D eigenvalue weighted by Crippen LogP contribution is 2.40. The Morgan fingerprint density at radius 3 is 2.04 bits per heavy atom. The number of ether oxygens (including phenoxy) is 2. The smallest absolute Gasteiger partial charge is 0.325 e. The second-order valence-corrected chi connectivity index (χ2v) is 14.2. The Balaban J connectivity index is 1.04. The molecule has 0 fully saturated rings. The molecule has 4 aromatic heterocycles. The van der Waals surface area contributed by atoms with Crippen LogP contribution >= 0.6 is 0 Å². The first kappa shape index (κ1) is 37.0. The lowest BCUT2D eigenvalue weighted by molar-refractivity contribution is -0.748. The number of nitrogens with zero attached hydrogens (tertiary/aromatic N) is 7. The molecular formula is C39H43N12O6+. The number of imidazole rings is 2. The van der Waals surface area contributed by atoms with E-state index in [1.54, 1.807) is 45.8 Å². The van der Waals surface area contributed by atoms with Crippen molar-refractivity contribution in [2.45, 2.75) is 72.1 Å². The van der Waals surface area contributed by atoms with E-state index in [9.17, 15) is 19.2 Å². The average molecular weight is 776 g/mol. The van der Waals surface area contributed by atoms with Gasteiger partial charge in [0.2, 0.25) is 23.7 Å². The van der Waals surface area contributed by atoms with Crippen molar-refractivity contribution >= 4 is 57.6 Å². The van der Waals surface area contributed by atoms with Crippen LogP contribution < -0.4 is 36.3 Å². The van der Waals surface area contributed by atoms with Gasteiger partial charge in [0.25, 0.3) is 11.6 Å². The number of amides is 4. The van der Waals surface area contributed by atoms with Crippen LogP contribution in [0.25, 0.3) is 22.1 Å². The zero-order valence-corrected chi connectivity index (χ0v) is 32.0. The minimum atomic E-state index is -0.613. The predicted molar refractivity (Wildman–Crippen MR) is 208 cm³/mol. The van der Waals surface area contributed by atoms with E-state index in [4.69, 9.17) is 30.9 Å². The molecule has 57 heavy (non-hydrogen) atoms. The first-order valence-electron chi connectivity index (χ1n) is 18.8. The van der Waals surface area contributed by atoms with Crippen LogP contribution in [0.1, 0.15) is 98.3 Å². The number of aromatic amines is 1. The summed E-state index contributed by atoms with van der Waals surface area (Å²) in [5.41, 5.74) is 16.4. The summed E-state index contributed by atoms with van der Waals surface area (Å²) in [5, 5.41) is 13.5. The molecule has 2 aliphatic rings. The Hall–Kier alpha value is -6.98. The summed E-state index contributed by atoms with van der Waals surface area (Å²) in [4.78, 5) is 60.8. The van der Waals surface area contributed by atoms with Gasteiger partial charge in [0.05, 0.1) is 34.5 Å². The Morgan fingerprint density at radius 2 is 1.44 bits per heavy atom. The summed E-state index contributed by atoms with van der Waals surface area (Å²) in [7, 11) is 0. The van der Waals surface area contributed by atoms with E-state index in [2.05, 4.69) is 33.0 Å². The molecule has 18 nitrogen and oxygen atoms in total. The molecule has 2 aromatic carbocycles. The lowest BCUT2D eigenvalue weighted by atomic mass is 10.1. The Kier molecular flexibility index (Phi) is 9.46. The number of hydrogen-bond donors (Lipinski definition) is 5. The highest BCUT2D eigenvalue weighted by molar-refractivity contribution is 6.05. The molecule has 0 saturated heterocycles. The molecule has 0 radical (unpaired) electrons. The van der Waals surface area contributed by atoms with Crippen molar-refractivity contribution < 1.29 is 33.3 Å².